The molecule has 1 fully saturated rings. The van der Waals surface area contributed by atoms with Crippen molar-refractivity contribution in [1.82, 2.24) is 9.88 Å². The number of aryl methyl sites for hydroxylation is 1. The van der Waals surface area contributed by atoms with Crippen LogP contribution in [-0.2, 0) is 4.79 Å². The average molecular weight is 262 g/mol. The van der Waals surface area contributed by atoms with Gasteiger partial charge in [0.05, 0.1) is 0 Å². The monoisotopic (exact) mass is 262 g/mol. The van der Waals surface area contributed by atoms with Gasteiger partial charge in [0.15, 0.2) is 0 Å². The molecule has 0 bridgehead atoms. The molecule has 1 saturated heterocycles. The van der Waals surface area contributed by atoms with Gasteiger partial charge >= 0.3 is 5.97 Å². The van der Waals surface area contributed by atoms with E-state index < -0.39 is 12.0 Å². The molecule has 0 spiro atoms. The number of aliphatic carboxylic acids is 1. The van der Waals surface area contributed by atoms with Gasteiger partial charge in [-0.3, -0.25) is 9.78 Å². The molecule has 5 nitrogen and oxygen atoms in total. The van der Waals surface area contributed by atoms with E-state index in [1.165, 1.54) is 4.90 Å². The minimum Gasteiger partial charge on any atom is -0.480 e. The molecule has 1 aromatic rings. The average Bonchev–Trinajstić information content (AvgIpc) is 2.37. The number of likely N-dealkylation sites (tertiary alicyclic amines) is 1. The summed E-state index contributed by atoms with van der Waals surface area (Å²) in [6, 6.07) is 2.82. The molecule has 2 atom stereocenters. The number of carboxylic acids is 1. The third-order valence-corrected chi connectivity index (χ3v) is 3.66. The molecule has 1 aromatic heterocycles. The topological polar surface area (TPSA) is 70.5 Å². The van der Waals surface area contributed by atoms with Crippen molar-refractivity contribution in [2.24, 2.45) is 5.92 Å². The van der Waals surface area contributed by atoms with Crippen LogP contribution in [0, 0.1) is 12.8 Å². The Morgan fingerprint density at radius 3 is 2.84 bits per heavy atom. The molecule has 0 radical (unpaired) electrons. The number of carbonyl (C=O) groups excluding carboxylic acids is 1. The number of nitrogens with zero attached hydrogens (tertiary/aromatic N) is 2. The van der Waals surface area contributed by atoms with Crippen LogP contribution in [0.4, 0.5) is 0 Å². The fraction of sp³-hybridized carbons (Fsp3) is 0.500. The second kappa shape index (κ2) is 5.38. The number of carbonyl (C=O) groups is 2. The molecule has 1 aliphatic heterocycles. The summed E-state index contributed by atoms with van der Waals surface area (Å²) in [6.07, 6.45) is 3.23. The zero-order valence-electron chi connectivity index (χ0n) is 11.2. The smallest absolute Gasteiger partial charge is 0.326 e. The molecule has 102 valence electrons. The van der Waals surface area contributed by atoms with Crippen molar-refractivity contribution in [3.8, 4) is 0 Å². The lowest BCUT2D eigenvalue weighted by atomic mass is 9.90. The molecule has 5 heteroatoms. The highest BCUT2D eigenvalue weighted by Gasteiger charge is 2.37. The Morgan fingerprint density at radius 1 is 1.47 bits per heavy atom. The number of pyridine rings is 1. The molecule has 0 aromatic carbocycles. The Morgan fingerprint density at radius 2 is 2.21 bits per heavy atom. The van der Waals surface area contributed by atoms with Gasteiger partial charge in [-0.1, -0.05) is 13.0 Å². The number of hydrogen-bond donors (Lipinski definition) is 1. The second-order valence-electron chi connectivity index (χ2n) is 5.07. The quantitative estimate of drug-likeness (QED) is 0.881. The van der Waals surface area contributed by atoms with Gasteiger partial charge in [0.25, 0.3) is 5.91 Å². The fourth-order valence-electron chi connectivity index (χ4n) is 2.64. The highest BCUT2D eigenvalue weighted by Crippen LogP contribution is 2.25. The van der Waals surface area contributed by atoms with Gasteiger partial charge in [0, 0.05) is 12.7 Å². The first-order valence-electron chi connectivity index (χ1n) is 6.47. The van der Waals surface area contributed by atoms with E-state index in [2.05, 4.69) is 4.98 Å². The molecular weight excluding hydrogens is 244 g/mol. The summed E-state index contributed by atoms with van der Waals surface area (Å²) in [5.41, 5.74) is 1.12. The van der Waals surface area contributed by atoms with Gasteiger partial charge in [-0.25, -0.2) is 4.79 Å². The first-order valence-corrected chi connectivity index (χ1v) is 6.47. The van der Waals surface area contributed by atoms with Gasteiger partial charge in [-0.15, -0.1) is 0 Å². The number of amides is 1. The fourth-order valence-corrected chi connectivity index (χ4v) is 2.64. The third-order valence-electron chi connectivity index (χ3n) is 3.66. The van der Waals surface area contributed by atoms with E-state index in [9.17, 15) is 14.7 Å². The molecular formula is C14H18N2O3. The summed E-state index contributed by atoms with van der Waals surface area (Å²) in [4.78, 5) is 29.4. The van der Waals surface area contributed by atoms with E-state index in [1.54, 1.807) is 12.3 Å². The zero-order chi connectivity index (χ0) is 14.0. The zero-order valence-corrected chi connectivity index (χ0v) is 11.2. The largest absolute Gasteiger partial charge is 0.480 e. The maximum Gasteiger partial charge on any atom is 0.326 e. The van der Waals surface area contributed by atoms with Crippen molar-refractivity contribution in [2.75, 3.05) is 6.54 Å². The minimum atomic E-state index is -0.936. The van der Waals surface area contributed by atoms with Crippen LogP contribution >= 0.6 is 0 Å². The highest BCUT2D eigenvalue weighted by atomic mass is 16.4. The summed E-state index contributed by atoms with van der Waals surface area (Å²) in [5, 5.41) is 9.33. The van der Waals surface area contributed by atoms with Crippen LogP contribution in [-0.4, -0.2) is 39.5 Å². The van der Waals surface area contributed by atoms with Crippen molar-refractivity contribution in [2.45, 2.75) is 32.7 Å². The van der Waals surface area contributed by atoms with E-state index >= 15 is 0 Å². The molecule has 1 N–H and O–H groups in total. The lowest BCUT2D eigenvalue weighted by Crippen LogP contribution is -2.52. The van der Waals surface area contributed by atoms with E-state index in [4.69, 9.17) is 0 Å². The number of piperidine rings is 1. The minimum absolute atomic E-state index is 0.0285. The molecule has 2 heterocycles. The molecule has 1 aliphatic rings. The summed E-state index contributed by atoms with van der Waals surface area (Å²) >= 11 is 0. The summed E-state index contributed by atoms with van der Waals surface area (Å²) in [6.45, 7) is 4.17. The van der Waals surface area contributed by atoms with E-state index in [0.29, 0.717) is 12.2 Å². The molecule has 0 saturated carbocycles. The number of aromatic nitrogens is 1. The van der Waals surface area contributed by atoms with Crippen LogP contribution in [0.3, 0.4) is 0 Å². The molecule has 0 aliphatic carbocycles. The summed E-state index contributed by atoms with van der Waals surface area (Å²) in [7, 11) is 0. The van der Waals surface area contributed by atoms with Crippen molar-refractivity contribution in [1.29, 1.82) is 0 Å². The Labute approximate surface area is 112 Å². The van der Waals surface area contributed by atoms with E-state index in [-0.39, 0.29) is 11.8 Å². The Hall–Kier alpha value is -1.91. The van der Waals surface area contributed by atoms with Gasteiger partial charge < -0.3 is 10.0 Å². The van der Waals surface area contributed by atoms with Crippen LogP contribution in [0.1, 0.15) is 35.8 Å². The number of hydrogen-bond acceptors (Lipinski definition) is 3. The lowest BCUT2D eigenvalue weighted by Gasteiger charge is -2.37. The maximum atomic E-state index is 12.5. The van der Waals surface area contributed by atoms with Crippen molar-refractivity contribution in [3.05, 3.63) is 29.6 Å². The van der Waals surface area contributed by atoms with Gasteiger partial charge in [0.1, 0.15) is 11.7 Å². The molecule has 19 heavy (non-hydrogen) atoms. The standard InChI is InChI=1S/C14H18N2O3/c1-9-5-3-7-15-11(9)13(17)16-8-4-6-10(2)12(16)14(18)19/h3,5,7,10,12H,4,6,8H2,1-2H3,(H,18,19). The highest BCUT2D eigenvalue weighted by molar-refractivity contribution is 5.96. The number of rotatable bonds is 2. The van der Waals surface area contributed by atoms with Gasteiger partial charge in [-0.2, -0.15) is 0 Å². The van der Waals surface area contributed by atoms with Gasteiger partial charge in [-0.05, 0) is 37.3 Å². The number of carboxylic acid groups (broad SMARTS) is 1. The predicted octanol–water partition coefficient (Wildman–Crippen LogP) is 1.72. The maximum absolute atomic E-state index is 12.5. The van der Waals surface area contributed by atoms with Crippen molar-refractivity contribution in [3.63, 3.8) is 0 Å². The lowest BCUT2D eigenvalue weighted by molar-refractivity contribution is -0.145. The van der Waals surface area contributed by atoms with Crippen molar-refractivity contribution >= 4 is 11.9 Å². The van der Waals surface area contributed by atoms with Crippen LogP contribution in [0.2, 0.25) is 0 Å². The molecule has 1 amide bonds. The second-order valence-corrected chi connectivity index (χ2v) is 5.07. The Balaban J connectivity index is 2.31. The first kappa shape index (κ1) is 13.5. The normalized spacial score (nSPS) is 23.2. The third kappa shape index (κ3) is 2.59. The SMILES string of the molecule is Cc1cccnc1C(=O)N1CCCC(C)C1C(=O)O. The van der Waals surface area contributed by atoms with E-state index in [0.717, 1.165) is 18.4 Å². The van der Waals surface area contributed by atoms with Crippen molar-refractivity contribution < 1.29 is 14.7 Å². The predicted molar refractivity (Wildman–Crippen MR) is 69.8 cm³/mol. The van der Waals surface area contributed by atoms with Gasteiger partial charge in [0.2, 0.25) is 0 Å². The summed E-state index contributed by atoms with van der Waals surface area (Å²) in [5.74, 6) is -1.24. The summed E-state index contributed by atoms with van der Waals surface area (Å²) < 4.78 is 0. The Kier molecular flexibility index (Phi) is 3.83. The van der Waals surface area contributed by atoms with E-state index in [1.807, 2.05) is 19.9 Å². The van der Waals surface area contributed by atoms with Crippen LogP contribution < -0.4 is 0 Å². The molecule has 2 unspecified atom stereocenters. The van der Waals surface area contributed by atoms with Crippen LogP contribution in [0.15, 0.2) is 18.3 Å². The van der Waals surface area contributed by atoms with Crippen LogP contribution in [0.5, 0.6) is 0 Å². The first-order chi connectivity index (χ1) is 9.02. The van der Waals surface area contributed by atoms with Crippen LogP contribution in [0.25, 0.3) is 0 Å². The molecule has 2 rings (SSSR count). The Bertz CT molecular complexity index is 501.